The zero-order valence-electron chi connectivity index (χ0n) is 8.53. The standard InChI is InChI=1S/C14H10F2/c15-13-7-4-8-14(16)12(13)10-9-11-5-2-1-3-6-11/h1-10H/b10-9+. The highest BCUT2D eigenvalue weighted by Gasteiger charge is 2.03. The molecule has 2 heteroatoms. The molecule has 0 spiro atoms. The van der Waals surface area contributed by atoms with Gasteiger partial charge in [-0.15, -0.1) is 0 Å². The summed E-state index contributed by atoms with van der Waals surface area (Å²) in [5, 5.41) is 0. The number of halogens is 2. The Bertz CT molecular complexity index is 481. The molecule has 0 bridgehead atoms. The molecule has 2 aromatic carbocycles. The van der Waals surface area contributed by atoms with Crippen LogP contribution in [0, 0.1) is 11.6 Å². The highest BCUT2D eigenvalue weighted by molar-refractivity contribution is 5.69. The third kappa shape index (κ3) is 2.34. The molecule has 0 saturated carbocycles. The molecule has 0 atom stereocenters. The van der Waals surface area contributed by atoms with Gasteiger partial charge in [-0.3, -0.25) is 0 Å². The van der Waals surface area contributed by atoms with E-state index in [-0.39, 0.29) is 5.56 Å². The van der Waals surface area contributed by atoms with E-state index in [1.807, 2.05) is 30.3 Å². The van der Waals surface area contributed by atoms with E-state index in [4.69, 9.17) is 0 Å². The van der Waals surface area contributed by atoms with Crippen molar-refractivity contribution in [2.24, 2.45) is 0 Å². The SMILES string of the molecule is Fc1cccc(F)c1/C=C/c1ccccc1. The van der Waals surface area contributed by atoms with Crippen molar-refractivity contribution in [3.63, 3.8) is 0 Å². The van der Waals surface area contributed by atoms with Gasteiger partial charge in [0.2, 0.25) is 0 Å². The van der Waals surface area contributed by atoms with Crippen LogP contribution in [0.5, 0.6) is 0 Å². The van der Waals surface area contributed by atoms with E-state index < -0.39 is 11.6 Å². The second-order valence-corrected chi connectivity index (χ2v) is 3.38. The Labute approximate surface area is 92.9 Å². The van der Waals surface area contributed by atoms with Crippen LogP contribution in [0.1, 0.15) is 11.1 Å². The first-order valence-electron chi connectivity index (χ1n) is 4.94. The molecular formula is C14H10F2. The zero-order chi connectivity index (χ0) is 11.4. The molecule has 0 aliphatic heterocycles. The van der Waals surface area contributed by atoms with Gasteiger partial charge in [0.25, 0.3) is 0 Å². The topological polar surface area (TPSA) is 0 Å². The van der Waals surface area contributed by atoms with Crippen LogP contribution in [0.25, 0.3) is 12.2 Å². The minimum Gasteiger partial charge on any atom is -0.206 e. The van der Waals surface area contributed by atoms with Gasteiger partial charge in [-0.05, 0) is 23.8 Å². The van der Waals surface area contributed by atoms with Gasteiger partial charge in [0.1, 0.15) is 11.6 Å². The Balaban J connectivity index is 2.31. The van der Waals surface area contributed by atoms with Crippen molar-refractivity contribution < 1.29 is 8.78 Å². The molecule has 0 fully saturated rings. The van der Waals surface area contributed by atoms with Crippen molar-refractivity contribution in [1.29, 1.82) is 0 Å². The maximum absolute atomic E-state index is 13.3. The van der Waals surface area contributed by atoms with Crippen molar-refractivity contribution in [2.45, 2.75) is 0 Å². The van der Waals surface area contributed by atoms with Crippen LogP contribution in [-0.4, -0.2) is 0 Å². The van der Waals surface area contributed by atoms with Crippen molar-refractivity contribution in [3.05, 3.63) is 71.3 Å². The monoisotopic (exact) mass is 216 g/mol. The Kier molecular flexibility index (Phi) is 3.10. The molecule has 0 amide bonds. The average Bonchev–Trinajstić information content (AvgIpc) is 2.30. The van der Waals surface area contributed by atoms with Crippen molar-refractivity contribution in [3.8, 4) is 0 Å². The normalized spacial score (nSPS) is 10.9. The molecule has 0 aliphatic rings. The lowest BCUT2D eigenvalue weighted by Crippen LogP contribution is -1.86. The van der Waals surface area contributed by atoms with E-state index >= 15 is 0 Å². The van der Waals surface area contributed by atoms with Crippen LogP contribution in [0.2, 0.25) is 0 Å². The van der Waals surface area contributed by atoms with Crippen molar-refractivity contribution >= 4 is 12.2 Å². The molecule has 0 saturated heterocycles. The summed E-state index contributed by atoms with van der Waals surface area (Å²) in [7, 11) is 0. The highest BCUT2D eigenvalue weighted by Crippen LogP contribution is 2.15. The fourth-order valence-corrected chi connectivity index (χ4v) is 1.41. The predicted octanol–water partition coefficient (Wildman–Crippen LogP) is 4.14. The lowest BCUT2D eigenvalue weighted by molar-refractivity contribution is 0.579. The van der Waals surface area contributed by atoms with Crippen LogP contribution in [-0.2, 0) is 0 Å². The fraction of sp³-hybridized carbons (Fsp3) is 0. The smallest absolute Gasteiger partial charge is 0.133 e. The zero-order valence-corrected chi connectivity index (χ0v) is 8.53. The molecule has 0 nitrogen and oxygen atoms in total. The molecule has 0 radical (unpaired) electrons. The summed E-state index contributed by atoms with van der Waals surface area (Å²) < 4.78 is 26.5. The minimum atomic E-state index is -0.549. The summed E-state index contributed by atoms with van der Waals surface area (Å²) in [6.45, 7) is 0. The Morgan fingerprint density at radius 3 is 1.94 bits per heavy atom. The van der Waals surface area contributed by atoms with Crippen LogP contribution < -0.4 is 0 Å². The van der Waals surface area contributed by atoms with Gasteiger partial charge >= 0.3 is 0 Å². The first kappa shape index (κ1) is 10.6. The molecule has 0 heterocycles. The average molecular weight is 216 g/mol. The lowest BCUT2D eigenvalue weighted by Gasteiger charge is -1.98. The Morgan fingerprint density at radius 2 is 1.31 bits per heavy atom. The molecule has 0 aromatic heterocycles. The first-order valence-corrected chi connectivity index (χ1v) is 4.94. The molecule has 16 heavy (non-hydrogen) atoms. The number of hydrogen-bond acceptors (Lipinski definition) is 0. The van der Waals surface area contributed by atoms with E-state index in [1.54, 1.807) is 6.08 Å². The summed E-state index contributed by atoms with van der Waals surface area (Å²) >= 11 is 0. The summed E-state index contributed by atoms with van der Waals surface area (Å²) in [4.78, 5) is 0. The minimum absolute atomic E-state index is 0.00801. The van der Waals surface area contributed by atoms with Crippen LogP contribution in [0.4, 0.5) is 8.78 Å². The van der Waals surface area contributed by atoms with E-state index in [9.17, 15) is 8.78 Å². The number of benzene rings is 2. The van der Waals surface area contributed by atoms with E-state index in [1.165, 1.54) is 24.3 Å². The third-order valence-electron chi connectivity index (χ3n) is 2.24. The summed E-state index contributed by atoms with van der Waals surface area (Å²) in [6.07, 6.45) is 3.13. The first-order chi connectivity index (χ1) is 7.77. The van der Waals surface area contributed by atoms with Crippen LogP contribution in [0.3, 0.4) is 0 Å². The fourth-order valence-electron chi connectivity index (χ4n) is 1.41. The van der Waals surface area contributed by atoms with Crippen LogP contribution in [0.15, 0.2) is 48.5 Å². The molecule has 0 unspecified atom stereocenters. The molecular weight excluding hydrogens is 206 g/mol. The molecule has 0 aliphatic carbocycles. The molecule has 0 N–H and O–H groups in total. The summed E-state index contributed by atoms with van der Waals surface area (Å²) in [6, 6.07) is 13.2. The summed E-state index contributed by atoms with van der Waals surface area (Å²) in [5.74, 6) is -1.10. The number of rotatable bonds is 2. The maximum Gasteiger partial charge on any atom is 0.133 e. The van der Waals surface area contributed by atoms with E-state index in [0.29, 0.717) is 0 Å². The van der Waals surface area contributed by atoms with Crippen molar-refractivity contribution in [1.82, 2.24) is 0 Å². The van der Waals surface area contributed by atoms with Gasteiger partial charge in [-0.1, -0.05) is 42.5 Å². The molecule has 2 rings (SSSR count). The summed E-state index contributed by atoms with van der Waals surface area (Å²) in [5.41, 5.74) is 0.900. The van der Waals surface area contributed by atoms with Crippen LogP contribution >= 0.6 is 0 Å². The highest BCUT2D eigenvalue weighted by atomic mass is 19.1. The quantitative estimate of drug-likeness (QED) is 0.662. The van der Waals surface area contributed by atoms with Gasteiger partial charge in [-0.2, -0.15) is 0 Å². The second-order valence-electron chi connectivity index (χ2n) is 3.38. The van der Waals surface area contributed by atoms with E-state index in [2.05, 4.69) is 0 Å². The Hall–Kier alpha value is -1.96. The molecule has 2 aromatic rings. The predicted molar refractivity (Wildman–Crippen MR) is 61.7 cm³/mol. The van der Waals surface area contributed by atoms with Gasteiger partial charge < -0.3 is 0 Å². The van der Waals surface area contributed by atoms with E-state index in [0.717, 1.165) is 5.56 Å². The maximum atomic E-state index is 13.3. The second kappa shape index (κ2) is 4.71. The van der Waals surface area contributed by atoms with Gasteiger partial charge in [0.05, 0.1) is 0 Å². The Morgan fingerprint density at radius 1 is 0.688 bits per heavy atom. The molecule has 80 valence electrons. The van der Waals surface area contributed by atoms with Crippen molar-refractivity contribution in [2.75, 3.05) is 0 Å². The number of hydrogen-bond donors (Lipinski definition) is 0. The van der Waals surface area contributed by atoms with Gasteiger partial charge in [0, 0.05) is 5.56 Å². The largest absolute Gasteiger partial charge is 0.206 e. The third-order valence-corrected chi connectivity index (χ3v) is 2.24. The van der Waals surface area contributed by atoms with Gasteiger partial charge in [0.15, 0.2) is 0 Å². The lowest BCUT2D eigenvalue weighted by atomic mass is 10.1. The van der Waals surface area contributed by atoms with Gasteiger partial charge in [-0.25, -0.2) is 8.78 Å².